The summed E-state index contributed by atoms with van der Waals surface area (Å²) in [6.07, 6.45) is 1.60. The van der Waals surface area contributed by atoms with Crippen molar-refractivity contribution in [3.8, 4) is 12.1 Å². The molecule has 0 saturated carbocycles. The van der Waals surface area contributed by atoms with Gasteiger partial charge in [0.05, 0.1) is 17.2 Å². The molecule has 0 aliphatic heterocycles. The van der Waals surface area contributed by atoms with Gasteiger partial charge in [0.2, 0.25) is 11.9 Å². The molecule has 0 radical (unpaired) electrons. The first-order chi connectivity index (χ1) is 12.7. The molecule has 0 unspecified atom stereocenters. The summed E-state index contributed by atoms with van der Waals surface area (Å²) in [5.74, 6) is 0.395. The first-order valence-corrected chi connectivity index (χ1v) is 7.64. The topological polar surface area (TPSA) is 124 Å². The molecule has 26 heavy (non-hydrogen) atoms. The van der Waals surface area contributed by atoms with Gasteiger partial charge in [-0.25, -0.2) is 0 Å². The number of para-hydroxylation sites is 1. The molecule has 0 fully saturated rings. The van der Waals surface area contributed by atoms with Crippen molar-refractivity contribution < 1.29 is 0 Å². The molecule has 0 aliphatic carbocycles. The van der Waals surface area contributed by atoms with Crippen LogP contribution in [0.2, 0.25) is 0 Å². The van der Waals surface area contributed by atoms with Crippen LogP contribution in [0.5, 0.6) is 0 Å². The summed E-state index contributed by atoms with van der Waals surface area (Å²) in [5, 5.41) is 21.5. The highest BCUT2D eigenvalue weighted by atomic mass is 15.2. The van der Waals surface area contributed by atoms with Gasteiger partial charge in [-0.2, -0.15) is 25.5 Å². The third kappa shape index (κ3) is 3.99. The Labute approximate surface area is 150 Å². The van der Waals surface area contributed by atoms with Gasteiger partial charge in [0.1, 0.15) is 6.07 Å². The fourth-order valence-corrected chi connectivity index (χ4v) is 2.23. The van der Waals surface area contributed by atoms with Crippen molar-refractivity contribution in [3.63, 3.8) is 0 Å². The number of rotatable bonds is 4. The molecule has 3 N–H and O–H groups in total. The Bertz CT molecular complexity index is 1040. The van der Waals surface area contributed by atoms with E-state index >= 15 is 0 Å². The second-order valence-corrected chi connectivity index (χ2v) is 5.24. The predicted octanol–water partition coefficient (Wildman–Crippen LogP) is 3.13. The van der Waals surface area contributed by atoms with Crippen LogP contribution >= 0.6 is 0 Å². The first kappa shape index (κ1) is 16.6. The van der Waals surface area contributed by atoms with Crippen molar-refractivity contribution in [2.45, 2.75) is 0 Å². The van der Waals surface area contributed by atoms with E-state index in [1.54, 1.807) is 30.3 Å². The zero-order valence-corrected chi connectivity index (χ0v) is 13.6. The van der Waals surface area contributed by atoms with Crippen molar-refractivity contribution in [2.75, 3.05) is 11.1 Å². The van der Waals surface area contributed by atoms with E-state index in [0.717, 1.165) is 5.69 Å². The minimum absolute atomic E-state index is 0.000330. The van der Waals surface area contributed by atoms with Gasteiger partial charge in [-0.05, 0) is 35.9 Å². The molecule has 1 aromatic heterocycles. The maximum absolute atomic E-state index is 9.49. The Morgan fingerprint density at radius 3 is 2.54 bits per heavy atom. The lowest BCUT2D eigenvalue weighted by Crippen LogP contribution is -2.06. The second-order valence-electron chi connectivity index (χ2n) is 5.24. The summed E-state index contributed by atoms with van der Waals surface area (Å²) in [6, 6.07) is 20.4. The van der Waals surface area contributed by atoms with Gasteiger partial charge in [0, 0.05) is 5.69 Å². The highest BCUT2D eigenvalue weighted by Crippen LogP contribution is 2.19. The second kappa shape index (κ2) is 7.56. The Morgan fingerprint density at radius 2 is 1.81 bits per heavy atom. The lowest BCUT2D eigenvalue weighted by Gasteiger charge is -2.07. The van der Waals surface area contributed by atoms with Crippen LogP contribution in [0.25, 0.3) is 11.6 Å². The monoisotopic (exact) mass is 339 g/mol. The smallest absolute Gasteiger partial charge is 0.232 e. The Kier molecular flexibility index (Phi) is 4.83. The number of allylic oxidation sites excluding steroid dienone is 1. The maximum atomic E-state index is 9.49. The summed E-state index contributed by atoms with van der Waals surface area (Å²) in [7, 11) is 0. The average Bonchev–Trinajstić information content (AvgIpc) is 2.66. The largest absolute Gasteiger partial charge is 0.368 e. The van der Waals surface area contributed by atoms with E-state index in [1.165, 1.54) is 0 Å². The lowest BCUT2D eigenvalue weighted by atomic mass is 10.1. The molecule has 0 amide bonds. The van der Waals surface area contributed by atoms with Gasteiger partial charge in [-0.15, -0.1) is 0 Å². The molecule has 7 heteroatoms. The minimum atomic E-state index is 0.000330. The third-order valence-electron chi connectivity index (χ3n) is 3.37. The number of aromatic nitrogens is 3. The number of benzene rings is 2. The summed E-state index contributed by atoms with van der Waals surface area (Å²) in [6.45, 7) is 0. The minimum Gasteiger partial charge on any atom is -0.368 e. The van der Waals surface area contributed by atoms with Crippen LogP contribution < -0.4 is 11.1 Å². The van der Waals surface area contributed by atoms with Gasteiger partial charge in [-0.1, -0.05) is 30.3 Å². The molecule has 0 spiro atoms. The van der Waals surface area contributed by atoms with Gasteiger partial charge in [0.25, 0.3) is 0 Å². The molecular weight excluding hydrogens is 326 g/mol. The summed E-state index contributed by atoms with van der Waals surface area (Å²) >= 11 is 0. The van der Waals surface area contributed by atoms with Crippen LogP contribution in [0.1, 0.15) is 17.0 Å². The standard InChI is InChI=1S/C19H13N7/c20-11-14-6-4-5-13(9-14)10-15(12-21)17-24-18(22)26-19(25-17)23-16-7-2-1-3-8-16/h1-10H,(H3,22,23,24,25,26). The highest BCUT2D eigenvalue weighted by Gasteiger charge is 2.10. The van der Waals surface area contributed by atoms with Crippen LogP contribution in [0.3, 0.4) is 0 Å². The van der Waals surface area contributed by atoms with Crippen molar-refractivity contribution in [1.82, 2.24) is 15.0 Å². The molecule has 3 aromatic rings. The van der Waals surface area contributed by atoms with Gasteiger partial charge < -0.3 is 11.1 Å². The van der Waals surface area contributed by atoms with E-state index in [2.05, 4.69) is 32.4 Å². The fraction of sp³-hybridized carbons (Fsp3) is 0. The average molecular weight is 339 g/mol. The van der Waals surface area contributed by atoms with E-state index in [0.29, 0.717) is 11.1 Å². The molecule has 3 rings (SSSR count). The predicted molar refractivity (Wildman–Crippen MR) is 98.6 cm³/mol. The van der Waals surface area contributed by atoms with Crippen LogP contribution in [-0.2, 0) is 0 Å². The number of anilines is 3. The molecule has 1 heterocycles. The quantitative estimate of drug-likeness (QED) is 0.699. The van der Waals surface area contributed by atoms with Crippen LogP contribution in [0.15, 0.2) is 54.6 Å². The Morgan fingerprint density at radius 1 is 1.00 bits per heavy atom. The van der Waals surface area contributed by atoms with Crippen LogP contribution in [-0.4, -0.2) is 15.0 Å². The molecule has 124 valence electrons. The number of hydrogen-bond donors (Lipinski definition) is 2. The van der Waals surface area contributed by atoms with E-state index in [1.807, 2.05) is 30.3 Å². The summed E-state index contributed by atoms with van der Waals surface area (Å²) < 4.78 is 0. The zero-order valence-electron chi connectivity index (χ0n) is 13.6. The number of nitrogen functional groups attached to an aromatic ring is 1. The Balaban J connectivity index is 1.97. The van der Waals surface area contributed by atoms with Crippen molar-refractivity contribution >= 4 is 29.2 Å². The number of nitriles is 2. The molecule has 0 aliphatic rings. The molecular formula is C19H13N7. The highest BCUT2D eigenvalue weighted by molar-refractivity contribution is 5.87. The van der Waals surface area contributed by atoms with Gasteiger partial charge in [0.15, 0.2) is 5.82 Å². The number of hydrogen-bond acceptors (Lipinski definition) is 7. The maximum Gasteiger partial charge on any atom is 0.232 e. The Hall–Kier alpha value is -4.23. The lowest BCUT2D eigenvalue weighted by molar-refractivity contribution is 1.04. The SMILES string of the molecule is N#CC(=Cc1cccc(C#N)c1)c1nc(N)nc(Nc2ccccc2)n1. The van der Waals surface area contributed by atoms with Gasteiger partial charge >= 0.3 is 0 Å². The summed E-state index contributed by atoms with van der Waals surface area (Å²) in [4.78, 5) is 12.4. The molecule has 0 atom stereocenters. The van der Waals surface area contributed by atoms with Crippen LogP contribution in [0, 0.1) is 22.7 Å². The van der Waals surface area contributed by atoms with E-state index in [4.69, 9.17) is 11.0 Å². The van der Waals surface area contributed by atoms with Crippen molar-refractivity contribution in [3.05, 3.63) is 71.5 Å². The molecule has 2 aromatic carbocycles. The normalized spacial score (nSPS) is 10.6. The summed E-state index contributed by atoms with van der Waals surface area (Å²) in [5.41, 5.74) is 7.95. The number of nitrogens with one attached hydrogen (secondary N) is 1. The molecule has 7 nitrogen and oxygen atoms in total. The fourth-order valence-electron chi connectivity index (χ4n) is 2.23. The molecule has 0 bridgehead atoms. The van der Waals surface area contributed by atoms with E-state index < -0.39 is 0 Å². The van der Waals surface area contributed by atoms with Crippen LogP contribution in [0.4, 0.5) is 17.6 Å². The van der Waals surface area contributed by atoms with E-state index in [-0.39, 0.29) is 23.3 Å². The number of nitrogens with two attached hydrogens (primary N) is 1. The third-order valence-corrected chi connectivity index (χ3v) is 3.37. The van der Waals surface area contributed by atoms with Crippen molar-refractivity contribution in [1.29, 1.82) is 10.5 Å². The van der Waals surface area contributed by atoms with Crippen molar-refractivity contribution in [2.24, 2.45) is 0 Å². The molecule has 0 saturated heterocycles. The van der Waals surface area contributed by atoms with Gasteiger partial charge in [-0.3, -0.25) is 0 Å². The van der Waals surface area contributed by atoms with E-state index in [9.17, 15) is 5.26 Å². The first-order valence-electron chi connectivity index (χ1n) is 7.64. The zero-order chi connectivity index (χ0) is 18.4. The number of nitrogens with zero attached hydrogens (tertiary/aromatic N) is 5.